The van der Waals surface area contributed by atoms with E-state index in [0.29, 0.717) is 6.42 Å². The zero-order valence-corrected chi connectivity index (χ0v) is 10.5. The standard InChI is InChI=1S/C11H12N2O4S/c1-3-9(4-2)12-18(16,17)11-7-5-6-10(8-11)13(14)15/h1,5-9,12H,4H2,2H3. The molecule has 1 N–H and O–H groups in total. The van der Waals surface area contributed by atoms with E-state index in [2.05, 4.69) is 10.6 Å². The van der Waals surface area contributed by atoms with Crippen LogP contribution in [0, 0.1) is 22.5 Å². The lowest BCUT2D eigenvalue weighted by Crippen LogP contribution is -2.33. The number of non-ortho nitro benzene ring substituents is 1. The molecule has 0 bridgehead atoms. The van der Waals surface area contributed by atoms with Crippen LogP contribution in [0.2, 0.25) is 0 Å². The molecule has 18 heavy (non-hydrogen) atoms. The number of benzene rings is 1. The maximum atomic E-state index is 11.9. The van der Waals surface area contributed by atoms with Crippen LogP contribution in [-0.2, 0) is 10.0 Å². The van der Waals surface area contributed by atoms with Gasteiger partial charge in [0, 0.05) is 12.1 Å². The molecule has 0 aromatic heterocycles. The molecule has 0 spiro atoms. The first-order chi connectivity index (χ1) is 8.40. The van der Waals surface area contributed by atoms with Crippen molar-refractivity contribution in [3.05, 3.63) is 34.4 Å². The van der Waals surface area contributed by atoms with Gasteiger partial charge in [0.15, 0.2) is 0 Å². The average Bonchev–Trinajstić information content (AvgIpc) is 2.36. The van der Waals surface area contributed by atoms with E-state index in [-0.39, 0.29) is 10.6 Å². The molecule has 1 aromatic carbocycles. The number of nitrogens with zero attached hydrogens (tertiary/aromatic N) is 1. The summed E-state index contributed by atoms with van der Waals surface area (Å²) in [6.07, 6.45) is 5.60. The van der Waals surface area contributed by atoms with E-state index >= 15 is 0 Å². The van der Waals surface area contributed by atoms with Crippen molar-refractivity contribution >= 4 is 15.7 Å². The highest BCUT2D eigenvalue weighted by Crippen LogP contribution is 2.17. The SMILES string of the molecule is C#CC(CC)NS(=O)(=O)c1cccc([N+](=O)[O-])c1. The molecule has 0 aliphatic heterocycles. The minimum absolute atomic E-state index is 0.176. The minimum Gasteiger partial charge on any atom is -0.258 e. The lowest BCUT2D eigenvalue weighted by atomic mass is 10.3. The van der Waals surface area contributed by atoms with Crippen molar-refractivity contribution in [1.29, 1.82) is 0 Å². The normalized spacial score (nSPS) is 12.7. The second-order valence-electron chi connectivity index (χ2n) is 3.50. The predicted molar refractivity (Wildman–Crippen MR) is 66.3 cm³/mol. The first-order valence-corrected chi connectivity index (χ1v) is 6.62. The van der Waals surface area contributed by atoms with Gasteiger partial charge in [-0.2, -0.15) is 4.72 Å². The summed E-state index contributed by atoms with van der Waals surface area (Å²) in [7, 11) is -3.84. The maximum Gasteiger partial charge on any atom is 0.270 e. The summed E-state index contributed by atoms with van der Waals surface area (Å²) in [5, 5.41) is 10.6. The lowest BCUT2D eigenvalue weighted by Gasteiger charge is -2.11. The Morgan fingerprint density at radius 3 is 2.72 bits per heavy atom. The maximum absolute atomic E-state index is 11.9. The van der Waals surface area contributed by atoms with Crippen LogP contribution in [0.4, 0.5) is 5.69 Å². The predicted octanol–water partition coefficient (Wildman–Crippen LogP) is 1.28. The molecule has 0 radical (unpaired) electrons. The Morgan fingerprint density at radius 2 is 2.22 bits per heavy atom. The molecule has 0 amide bonds. The van der Waals surface area contributed by atoms with E-state index in [1.54, 1.807) is 6.92 Å². The fourth-order valence-electron chi connectivity index (χ4n) is 1.25. The van der Waals surface area contributed by atoms with Gasteiger partial charge in [0.2, 0.25) is 10.0 Å². The Kier molecular flexibility index (Phi) is 4.42. The van der Waals surface area contributed by atoms with E-state index in [4.69, 9.17) is 6.42 Å². The topological polar surface area (TPSA) is 89.3 Å². The van der Waals surface area contributed by atoms with Crippen molar-refractivity contribution in [3.8, 4) is 12.3 Å². The van der Waals surface area contributed by atoms with Crippen molar-refractivity contribution in [1.82, 2.24) is 4.72 Å². The molecular formula is C11H12N2O4S. The Morgan fingerprint density at radius 1 is 1.56 bits per heavy atom. The molecule has 1 rings (SSSR count). The smallest absolute Gasteiger partial charge is 0.258 e. The third-order valence-electron chi connectivity index (χ3n) is 2.25. The Hall–Kier alpha value is -1.91. The van der Waals surface area contributed by atoms with Crippen LogP contribution in [0.3, 0.4) is 0 Å². The van der Waals surface area contributed by atoms with Crippen molar-refractivity contribution in [2.24, 2.45) is 0 Å². The van der Waals surface area contributed by atoms with E-state index in [9.17, 15) is 18.5 Å². The zero-order valence-electron chi connectivity index (χ0n) is 9.66. The molecule has 1 atom stereocenters. The molecule has 7 heteroatoms. The lowest BCUT2D eigenvalue weighted by molar-refractivity contribution is -0.385. The molecule has 0 heterocycles. The molecule has 96 valence electrons. The summed E-state index contributed by atoms with van der Waals surface area (Å²) in [6.45, 7) is 1.74. The second-order valence-corrected chi connectivity index (χ2v) is 5.22. The average molecular weight is 268 g/mol. The van der Waals surface area contributed by atoms with Gasteiger partial charge in [-0.15, -0.1) is 6.42 Å². The number of sulfonamides is 1. The van der Waals surface area contributed by atoms with Gasteiger partial charge in [-0.05, 0) is 12.5 Å². The molecule has 0 saturated heterocycles. The van der Waals surface area contributed by atoms with Crippen molar-refractivity contribution < 1.29 is 13.3 Å². The minimum atomic E-state index is -3.84. The number of nitro groups is 1. The third-order valence-corrected chi connectivity index (χ3v) is 3.71. The van der Waals surface area contributed by atoms with Crippen LogP contribution in [-0.4, -0.2) is 19.4 Å². The van der Waals surface area contributed by atoms with Gasteiger partial charge in [-0.3, -0.25) is 10.1 Å². The van der Waals surface area contributed by atoms with Crippen LogP contribution in [0.15, 0.2) is 29.2 Å². The highest BCUT2D eigenvalue weighted by atomic mass is 32.2. The largest absolute Gasteiger partial charge is 0.270 e. The van der Waals surface area contributed by atoms with E-state index in [1.807, 2.05) is 0 Å². The molecule has 1 unspecified atom stereocenters. The number of hydrogen-bond acceptors (Lipinski definition) is 4. The van der Waals surface area contributed by atoms with Gasteiger partial charge < -0.3 is 0 Å². The van der Waals surface area contributed by atoms with Crippen LogP contribution < -0.4 is 4.72 Å². The highest BCUT2D eigenvalue weighted by molar-refractivity contribution is 7.89. The van der Waals surface area contributed by atoms with Gasteiger partial charge >= 0.3 is 0 Å². The second kappa shape index (κ2) is 5.62. The molecule has 0 aliphatic rings. The number of nitrogens with one attached hydrogen (secondary N) is 1. The van der Waals surface area contributed by atoms with E-state index in [0.717, 1.165) is 6.07 Å². The summed E-state index contributed by atoms with van der Waals surface area (Å²) in [5.74, 6) is 2.29. The van der Waals surface area contributed by atoms with Crippen LogP contribution in [0.5, 0.6) is 0 Å². The number of rotatable bonds is 5. The van der Waals surface area contributed by atoms with Crippen LogP contribution in [0.1, 0.15) is 13.3 Å². The molecule has 1 aromatic rings. The summed E-state index contributed by atoms with van der Waals surface area (Å²) >= 11 is 0. The number of terminal acetylenes is 1. The third kappa shape index (κ3) is 3.29. The summed E-state index contributed by atoms with van der Waals surface area (Å²) in [6, 6.07) is 4.17. The number of hydrogen-bond donors (Lipinski definition) is 1. The van der Waals surface area contributed by atoms with Crippen LogP contribution >= 0.6 is 0 Å². The molecule has 0 aliphatic carbocycles. The highest BCUT2D eigenvalue weighted by Gasteiger charge is 2.20. The van der Waals surface area contributed by atoms with Gasteiger partial charge in [0.05, 0.1) is 15.9 Å². The van der Waals surface area contributed by atoms with Crippen molar-refractivity contribution in [2.75, 3.05) is 0 Å². The van der Waals surface area contributed by atoms with Crippen LogP contribution in [0.25, 0.3) is 0 Å². The summed E-state index contributed by atoms with van der Waals surface area (Å²) in [5.41, 5.74) is -0.286. The monoisotopic (exact) mass is 268 g/mol. The molecule has 0 saturated carbocycles. The molecule has 0 fully saturated rings. The number of nitro benzene ring substituents is 1. The summed E-state index contributed by atoms with van der Waals surface area (Å²) < 4.78 is 26.1. The quantitative estimate of drug-likeness (QED) is 0.495. The first kappa shape index (κ1) is 14.2. The van der Waals surface area contributed by atoms with Gasteiger partial charge in [-0.25, -0.2) is 8.42 Å². The summed E-state index contributed by atoms with van der Waals surface area (Å²) in [4.78, 5) is 9.74. The van der Waals surface area contributed by atoms with E-state index < -0.39 is 21.0 Å². The Balaban J connectivity index is 3.10. The molecular weight excluding hydrogens is 256 g/mol. The zero-order chi connectivity index (χ0) is 13.8. The fraction of sp³-hybridized carbons (Fsp3) is 0.273. The van der Waals surface area contributed by atoms with Gasteiger partial charge in [0.1, 0.15) is 0 Å². The fourth-order valence-corrected chi connectivity index (χ4v) is 2.53. The van der Waals surface area contributed by atoms with Gasteiger partial charge in [0.25, 0.3) is 5.69 Å². The van der Waals surface area contributed by atoms with Crippen molar-refractivity contribution in [2.45, 2.75) is 24.3 Å². The van der Waals surface area contributed by atoms with Crippen molar-refractivity contribution in [3.63, 3.8) is 0 Å². The van der Waals surface area contributed by atoms with E-state index in [1.165, 1.54) is 18.2 Å². The van der Waals surface area contributed by atoms with Gasteiger partial charge in [-0.1, -0.05) is 18.9 Å². The Labute approximate surface area is 105 Å². The molecule has 6 nitrogen and oxygen atoms in total. The first-order valence-electron chi connectivity index (χ1n) is 5.13. The Bertz CT molecular complexity index is 589.